The van der Waals surface area contributed by atoms with Crippen molar-refractivity contribution in [3.05, 3.63) is 52.5 Å². The highest BCUT2D eigenvalue weighted by molar-refractivity contribution is 7.11. The first kappa shape index (κ1) is 8.90. The summed E-state index contributed by atoms with van der Waals surface area (Å²) in [5.41, 5.74) is 1.38. The molecule has 1 heterocycles. The van der Waals surface area contributed by atoms with Gasteiger partial charge in [-0.3, -0.25) is 0 Å². The monoisotopic (exact) mass is 204 g/mol. The summed E-state index contributed by atoms with van der Waals surface area (Å²) in [4.78, 5) is 4.09. The Morgan fingerprint density at radius 3 is 2.64 bits per heavy atom. The molecule has 70 valence electrons. The van der Waals surface area contributed by atoms with Gasteiger partial charge in [0.2, 0.25) is 0 Å². The minimum absolute atomic E-state index is 0.514. The zero-order valence-electron chi connectivity index (χ0n) is 7.29. The van der Waals surface area contributed by atoms with E-state index in [0.717, 1.165) is 10.6 Å². The van der Waals surface area contributed by atoms with E-state index < -0.39 is 0 Å². The van der Waals surface area contributed by atoms with E-state index in [2.05, 4.69) is 10.1 Å². The van der Waals surface area contributed by atoms with Crippen LogP contribution in [0.3, 0.4) is 0 Å². The van der Waals surface area contributed by atoms with Crippen LogP contribution in [0.5, 0.6) is 0 Å². The molecule has 2 rings (SSSR count). The van der Waals surface area contributed by atoms with Crippen LogP contribution in [-0.2, 0) is 0 Å². The van der Waals surface area contributed by atoms with Gasteiger partial charge in [-0.2, -0.15) is 0 Å². The molecule has 1 aromatic carbocycles. The third kappa shape index (κ3) is 1.65. The second kappa shape index (κ2) is 4.02. The fraction of sp³-hybridized carbons (Fsp3) is 0. The number of oxime groups is 1. The van der Waals surface area contributed by atoms with Crippen LogP contribution in [0.2, 0.25) is 0 Å². The Hall–Kier alpha value is -1.68. The highest BCUT2D eigenvalue weighted by Crippen LogP contribution is 2.12. The van der Waals surface area contributed by atoms with Crippen molar-refractivity contribution in [2.75, 3.05) is 0 Å². The van der Waals surface area contributed by atoms with E-state index >= 15 is 0 Å². The zero-order valence-corrected chi connectivity index (χ0v) is 8.11. The summed E-state index contributed by atoms with van der Waals surface area (Å²) in [7, 11) is 0. The Bertz CT molecular complexity index is 423. The SMILES string of the molecule is O/N=C(/c1ccccc1)c1nccs1. The molecule has 0 unspecified atom stereocenters. The molecule has 0 bridgehead atoms. The maximum Gasteiger partial charge on any atom is 0.145 e. The van der Waals surface area contributed by atoms with Gasteiger partial charge >= 0.3 is 0 Å². The summed E-state index contributed by atoms with van der Waals surface area (Å²) in [6.45, 7) is 0. The highest BCUT2D eigenvalue weighted by atomic mass is 32.1. The Labute approximate surface area is 85.4 Å². The van der Waals surface area contributed by atoms with Crippen molar-refractivity contribution in [2.24, 2.45) is 5.16 Å². The Balaban J connectivity index is 2.43. The normalized spacial score (nSPS) is 11.6. The number of aromatic nitrogens is 1. The lowest BCUT2D eigenvalue weighted by Crippen LogP contribution is -2.01. The minimum Gasteiger partial charge on any atom is -0.410 e. The second-order valence-corrected chi connectivity index (χ2v) is 3.55. The first-order valence-electron chi connectivity index (χ1n) is 4.09. The van der Waals surface area contributed by atoms with Crippen molar-refractivity contribution < 1.29 is 5.21 Å². The largest absolute Gasteiger partial charge is 0.410 e. The van der Waals surface area contributed by atoms with Gasteiger partial charge in [0.25, 0.3) is 0 Å². The number of benzene rings is 1. The predicted octanol–water partition coefficient (Wildman–Crippen LogP) is 2.37. The van der Waals surface area contributed by atoms with Crippen molar-refractivity contribution in [1.82, 2.24) is 4.98 Å². The number of hydrogen-bond acceptors (Lipinski definition) is 4. The van der Waals surface area contributed by atoms with E-state index in [1.54, 1.807) is 6.20 Å². The van der Waals surface area contributed by atoms with E-state index in [9.17, 15) is 0 Å². The average molecular weight is 204 g/mol. The predicted molar refractivity (Wildman–Crippen MR) is 56.0 cm³/mol. The van der Waals surface area contributed by atoms with Crippen LogP contribution in [-0.4, -0.2) is 15.9 Å². The van der Waals surface area contributed by atoms with E-state index in [0.29, 0.717) is 5.71 Å². The summed E-state index contributed by atoms with van der Waals surface area (Å²) in [6, 6.07) is 9.48. The van der Waals surface area contributed by atoms with Crippen LogP contribution in [0.1, 0.15) is 10.6 Å². The molecule has 0 aliphatic rings. The lowest BCUT2D eigenvalue weighted by Gasteiger charge is -1.99. The van der Waals surface area contributed by atoms with Crippen molar-refractivity contribution in [1.29, 1.82) is 0 Å². The molecular weight excluding hydrogens is 196 g/mol. The Morgan fingerprint density at radius 1 is 1.29 bits per heavy atom. The molecule has 3 nitrogen and oxygen atoms in total. The van der Waals surface area contributed by atoms with Gasteiger partial charge < -0.3 is 5.21 Å². The van der Waals surface area contributed by atoms with Crippen molar-refractivity contribution in [3.8, 4) is 0 Å². The summed E-state index contributed by atoms with van der Waals surface area (Å²) >= 11 is 1.45. The second-order valence-electron chi connectivity index (χ2n) is 2.65. The summed E-state index contributed by atoms with van der Waals surface area (Å²) < 4.78 is 0. The van der Waals surface area contributed by atoms with Gasteiger partial charge in [0.15, 0.2) is 0 Å². The molecule has 0 fully saturated rings. The Kier molecular flexibility index (Phi) is 2.55. The van der Waals surface area contributed by atoms with Gasteiger partial charge in [-0.1, -0.05) is 35.5 Å². The lowest BCUT2D eigenvalue weighted by molar-refractivity contribution is 0.319. The maximum absolute atomic E-state index is 8.91. The number of rotatable bonds is 2. The maximum atomic E-state index is 8.91. The smallest absolute Gasteiger partial charge is 0.145 e. The molecule has 0 spiro atoms. The molecule has 2 aromatic rings. The molecular formula is C10H8N2OS. The molecule has 0 aliphatic carbocycles. The first-order valence-corrected chi connectivity index (χ1v) is 4.97. The third-order valence-electron chi connectivity index (χ3n) is 1.78. The van der Waals surface area contributed by atoms with Gasteiger partial charge in [0.1, 0.15) is 10.7 Å². The topological polar surface area (TPSA) is 45.5 Å². The van der Waals surface area contributed by atoms with Gasteiger partial charge in [0.05, 0.1) is 0 Å². The van der Waals surface area contributed by atoms with E-state index in [1.807, 2.05) is 35.7 Å². The first-order chi connectivity index (χ1) is 6.92. The molecule has 0 saturated heterocycles. The summed E-state index contributed by atoms with van der Waals surface area (Å²) in [6.07, 6.45) is 1.69. The molecule has 14 heavy (non-hydrogen) atoms. The molecule has 0 amide bonds. The molecule has 0 aliphatic heterocycles. The number of thiazole rings is 1. The Morgan fingerprint density at radius 2 is 2.07 bits per heavy atom. The fourth-order valence-corrected chi connectivity index (χ4v) is 1.80. The van der Waals surface area contributed by atoms with Crippen molar-refractivity contribution >= 4 is 17.0 Å². The average Bonchev–Trinajstić information content (AvgIpc) is 2.74. The molecule has 4 heteroatoms. The molecule has 0 saturated carbocycles. The van der Waals surface area contributed by atoms with Crippen LogP contribution in [0, 0.1) is 0 Å². The standard InChI is InChI=1S/C10H8N2OS/c13-12-9(10-11-6-7-14-10)8-4-2-1-3-5-8/h1-7,13H/b12-9-. The lowest BCUT2D eigenvalue weighted by atomic mass is 10.1. The molecule has 1 aromatic heterocycles. The molecule has 0 radical (unpaired) electrons. The quantitative estimate of drug-likeness (QED) is 0.463. The van der Waals surface area contributed by atoms with Gasteiger partial charge in [-0.15, -0.1) is 11.3 Å². The summed E-state index contributed by atoms with van der Waals surface area (Å²) in [5, 5.41) is 14.7. The van der Waals surface area contributed by atoms with Crippen molar-refractivity contribution in [3.63, 3.8) is 0 Å². The summed E-state index contributed by atoms with van der Waals surface area (Å²) in [5.74, 6) is 0. The van der Waals surface area contributed by atoms with Crippen LogP contribution >= 0.6 is 11.3 Å². The van der Waals surface area contributed by atoms with Crippen LogP contribution < -0.4 is 0 Å². The van der Waals surface area contributed by atoms with E-state index in [4.69, 9.17) is 5.21 Å². The van der Waals surface area contributed by atoms with Crippen LogP contribution in [0.15, 0.2) is 47.1 Å². The molecule has 0 atom stereocenters. The van der Waals surface area contributed by atoms with Crippen molar-refractivity contribution in [2.45, 2.75) is 0 Å². The number of nitrogens with zero attached hydrogens (tertiary/aromatic N) is 2. The number of hydrogen-bond donors (Lipinski definition) is 1. The highest BCUT2D eigenvalue weighted by Gasteiger charge is 2.08. The third-order valence-corrected chi connectivity index (χ3v) is 2.56. The van der Waals surface area contributed by atoms with Crippen LogP contribution in [0.25, 0.3) is 0 Å². The van der Waals surface area contributed by atoms with E-state index in [-0.39, 0.29) is 0 Å². The zero-order chi connectivity index (χ0) is 9.80. The minimum atomic E-state index is 0.514. The fourth-order valence-electron chi connectivity index (χ4n) is 1.16. The molecule has 1 N–H and O–H groups in total. The van der Waals surface area contributed by atoms with Gasteiger partial charge in [-0.25, -0.2) is 4.98 Å². The van der Waals surface area contributed by atoms with Gasteiger partial charge in [0, 0.05) is 17.1 Å². The van der Waals surface area contributed by atoms with Gasteiger partial charge in [-0.05, 0) is 0 Å². The van der Waals surface area contributed by atoms with E-state index in [1.165, 1.54) is 11.3 Å². The van der Waals surface area contributed by atoms with Crippen LogP contribution in [0.4, 0.5) is 0 Å².